The molecule has 0 radical (unpaired) electrons. The predicted octanol–water partition coefficient (Wildman–Crippen LogP) is 3.66. The number of aromatic nitrogens is 2. The van der Waals surface area contributed by atoms with Crippen LogP contribution in [0.4, 0.5) is 10.1 Å². The molecule has 0 spiro atoms. The molecule has 6 heteroatoms. The maximum absolute atomic E-state index is 13.5. The highest BCUT2D eigenvalue weighted by Gasteiger charge is 2.09. The zero-order valence-electron chi connectivity index (χ0n) is 11.9. The van der Waals surface area contributed by atoms with Crippen molar-refractivity contribution in [2.75, 3.05) is 5.32 Å². The quantitative estimate of drug-likeness (QED) is 0.799. The SMILES string of the molecule is O=C(Nc1ccccc1F)c1ccc(Oc2ncccn2)cc1. The minimum absolute atomic E-state index is 0.135. The fourth-order valence-electron chi connectivity index (χ4n) is 1.87. The summed E-state index contributed by atoms with van der Waals surface area (Å²) in [4.78, 5) is 20.0. The van der Waals surface area contributed by atoms with Gasteiger partial charge >= 0.3 is 6.01 Å². The van der Waals surface area contributed by atoms with Gasteiger partial charge in [0.2, 0.25) is 0 Å². The molecule has 1 aromatic heterocycles. The first-order valence-electron chi connectivity index (χ1n) is 6.83. The number of ether oxygens (including phenoxy) is 1. The molecule has 1 N–H and O–H groups in total. The Labute approximate surface area is 131 Å². The summed E-state index contributed by atoms with van der Waals surface area (Å²) < 4.78 is 19.0. The molecular formula is C17H12FN3O2. The summed E-state index contributed by atoms with van der Waals surface area (Å²) in [6, 6.07) is 14.3. The van der Waals surface area contributed by atoms with Gasteiger partial charge in [0.15, 0.2) is 0 Å². The van der Waals surface area contributed by atoms with Crippen LogP contribution in [-0.4, -0.2) is 15.9 Å². The fourth-order valence-corrected chi connectivity index (χ4v) is 1.87. The number of hydrogen-bond acceptors (Lipinski definition) is 4. The number of carbonyl (C=O) groups excluding carboxylic acids is 1. The van der Waals surface area contributed by atoms with Crippen molar-refractivity contribution in [2.45, 2.75) is 0 Å². The van der Waals surface area contributed by atoms with Gasteiger partial charge in [-0.3, -0.25) is 4.79 Å². The Morgan fingerprint density at radius 3 is 2.35 bits per heavy atom. The molecule has 0 aliphatic rings. The topological polar surface area (TPSA) is 64.1 Å². The Morgan fingerprint density at radius 1 is 0.957 bits per heavy atom. The lowest BCUT2D eigenvalue weighted by Crippen LogP contribution is -2.12. The van der Waals surface area contributed by atoms with Gasteiger partial charge < -0.3 is 10.1 Å². The molecule has 1 amide bonds. The van der Waals surface area contributed by atoms with Crippen LogP contribution in [0.3, 0.4) is 0 Å². The first-order valence-corrected chi connectivity index (χ1v) is 6.83. The van der Waals surface area contributed by atoms with Crippen LogP contribution in [-0.2, 0) is 0 Å². The highest BCUT2D eigenvalue weighted by atomic mass is 19.1. The summed E-state index contributed by atoms with van der Waals surface area (Å²) in [6.45, 7) is 0. The number of amides is 1. The second-order valence-electron chi connectivity index (χ2n) is 4.59. The van der Waals surface area contributed by atoms with Crippen LogP contribution in [0.5, 0.6) is 11.8 Å². The highest BCUT2D eigenvalue weighted by Crippen LogP contribution is 2.19. The van der Waals surface area contributed by atoms with Crippen molar-refractivity contribution >= 4 is 11.6 Å². The molecule has 23 heavy (non-hydrogen) atoms. The van der Waals surface area contributed by atoms with E-state index in [9.17, 15) is 9.18 Å². The van der Waals surface area contributed by atoms with Crippen LogP contribution < -0.4 is 10.1 Å². The zero-order valence-corrected chi connectivity index (χ0v) is 11.9. The lowest BCUT2D eigenvalue weighted by Gasteiger charge is -2.07. The average Bonchev–Trinajstić information content (AvgIpc) is 2.58. The minimum Gasteiger partial charge on any atom is -0.424 e. The van der Waals surface area contributed by atoms with Crippen molar-refractivity contribution in [3.8, 4) is 11.8 Å². The Hall–Kier alpha value is -3.28. The van der Waals surface area contributed by atoms with E-state index in [1.54, 1.807) is 54.9 Å². The maximum Gasteiger partial charge on any atom is 0.321 e. The number of benzene rings is 2. The molecule has 3 rings (SSSR count). The molecule has 0 fully saturated rings. The van der Waals surface area contributed by atoms with Crippen molar-refractivity contribution in [1.82, 2.24) is 9.97 Å². The van der Waals surface area contributed by atoms with Gasteiger partial charge in [-0.25, -0.2) is 14.4 Å². The van der Waals surface area contributed by atoms with E-state index in [0.717, 1.165) is 0 Å². The Morgan fingerprint density at radius 2 is 1.65 bits per heavy atom. The van der Waals surface area contributed by atoms with Gasteiger partial charge in [-0.05, 0) is 42.5 Å². The largest absolute Gasteiger partial charge is 0.424 e. The molecule has 0 aliphatic carbocycles. The molecule has 114 valence electrons. The molecule has 0 bridgehead atoms. The number of nitrogens with one attached hydrogen (secondary N) is 1. The second-order valence-corrected chi connectivity index (χ2v) is 4.59. The average molecular weight is 309 g/mol. The molecule has 0 atom stereocenters. The van der Waals surface area contributed by atoms with Crippen molar-refractivity contribution in [1.29, 1.82) is 0 Å². The maximum atomic E-state index is 13.5. The van der Waals surface area contributed by atoms with Crippen LogP contribution in [0.15, 0.2) is 67.0 Å². The Bertz CT molecular complexity index is 808. The Balaban J connectivity index is 1.69. The third-order valence-corrected chi connectivity index (χ3v) is 2.99. The summed E-state index contributed by atoms with van der Waals surface area (Å²) >= 11 is 0. The molecule has 0 saturated carbocycles. The third-order valence-electron chi connectivity index (χ3n) is 2.99. The zero-order chi connectivity index (χ0) is 16.1. The number of hydrogen-bond donors (Lipinski definition) is 1. The van der Waals surface area contributed by atoms with Gasteiger partial charge in [0.05, 0.1) is 5.69 Å². The van der Waals surface area contributed by atoms with Gasteiger partial charge in [-0.2, -0.15) is 0 Å². The van der Waals surface area contributed by atoms with Gasteiger partial charge in [-0.15, -0.1) is 0 Å². The van der Waals surface area contributed by atoms with E-state index in [1.165, 1.54) is 12.1 Å². The standard InChI is InChI=1S/C17H12FN3O2/c18-14-4-1-2-5-15(14)21-16(22)12-6-8-13(9-7-12)23-17-19-10-3-11-20-17/h1-11H,(H,21,22). The molecule has 3 aromatic rings. The summed E-state index contributed by atoms with van der Waals surface area (Å²) in [5.41, 5.74) is 0.519. The van der Waals surface area contributed by atoms with Crippen LogP contribution in [0.25, 0.3) is 0 Å². The van der Waals surface area contributed by atoms with Gasteiger partial charge in [0.1, 0.15) is 11.6 Å². The van der Waals surface area contributed by atoms with Crippen LogP contribution in [0.2, 0.25) is 0 Å². The van der Waals surface area contributed by atoms with E-state index in [4.69, 9.17) is 4.74 Å². The van der Waals surface area contributed by atoms with E-state index >= 15 is 0 Å². The first-order chi connectivity index (χ1) is 11.2. The molecule has 0 saturated heterocycles. The van der Waals surface area contributed by atoms with E-state index in [0.29, 0.717) is 11.3 Å². The monoisotopic (exact) mass is 309 g/mol. The second kappa shape index (κ2) is 6.65. The van der Waals surface area contributed by atoms with E-state index in [2.05, 4.69) is 15.3 Å². The molecule has 2 aromatic carbocycles. The van der Waals surface area contributed by atoms with Gasteiger partial charge in [0, 0.05) is 18.0 Å². The molecule has 0 aliphatic heterocycles. The van der Waals surface area contributed by atoms with Crippen molar-refractivity contribution < 1.29 is 13.9 Å². The molecule has 0 unspecified atom stereocenters. The van der Waals surface area contributed by atoms with Crippen molar-refractivity contribution in [2.24, 2.45) is 0 Å². The fraction of sp³-hybridized carbons (Fsp3) is 0. The normalized spacial score (nSPS) is 10.1. The first kappa shape index (κ1) is 14.6. The smallest absolute Gasteiger partial charge is 0.321 e. The predicted molar refractivity (Wildman–Crippen MR) is 82.9 cm³/mol. The van der Waals surface area contributed by atoms with Crippen LogP contribution in [0.1, 0.15) is 10.4 Å². The van der Waals surface area contributed by atoms with Crippen molar-refractivity contribution in [3.63, 3.8) is 0 Å². The van der Waals surface area contributed by atoms with Crippen LogP contribution in [0, 0.1) is 5.82 Å². The Kier molecular flexibility index (Phi) is 4.24. The molecular weight excluding hydrogens is 297 g/mol. The van der Waals surface area contributed by atoms with Crippen molar-refractivity contribution in [3.05, 3.63) is 78.4 Å². The van der Waals surface area contributed by atoms with Gasteiger partial charge in [0.25, 0.3) is 5.91 Å². The number of nitrogens with zero attached hydrogens (tertiary/aromatic N) is 2. The summed E-state index contributed by atoms with van der Waals surface area (Å²) in [5.74, 6) is -0.390. The van der Waals surface area contributed by atoms with E-state index in [-0.39, 0.29) is 11.7 Å². The van der Waals surface area contributed by atoms with Crippen LogP contribution >= 0.6 is 0 Å². The number of halogens is 1. The van der Waals surface area contributed by atoms with E-state index in [1.807, 2.05) is 0 Å². The molecule has 5 nitrogen and oxygen atoms in total. The summed E-state index contributed by atoms with van der Waals surface area (Å²) in [5, 5.41) is 2.52. The third kappa shape index (κ3) is 3.68. The molecule has 1 heterocycles. The number of anilines is 1. The summed E-state index contributed by atoms with van der Waals surface area (Å²) in [7, 11) is 0. The lowest BCUT2D eigenvalue weighted by atomic mass is 10.2. The highest BCUT2D eigenvalue weighted by molar-refractivity contribution is 6.04. The minimum atomic E-state index is -0.484. The number of rotatable bonds is 4. The van der Waals surface area contributed by atoms with E-state index < -0.39 is 11.7 Å². The number of carbonyl (C=O) groups is 1. The summed E-state index contributed by atoms with van der Waals surface area (Å²) in [6.07, 6.45) is 3.14. The lowest BCUT2D eigenvalue weighted by molar-refractivity contribution is 0.102. The number of para-hydroxylation sites is 1. The van der Waals surface area contributed by atoms with Gasteiger partial charge in [-0.1, -0.05) is 12.1 Å².